The van der Waals surface area contributed by atoms with E-state index in [1.54, 1.807) is 19.2 Å². The summed E-state index contributed by atoms with van der Waals surface area (Å²) in [7, 11) is 3.10. The largest absolute Gasteiger partial charge is 0.345 e. The van der Waals surface area contributed by atoms with Gasteiger partial charge >= 0.3 is 5.69 Å². The zero-order chi connectivity index (χ0) is 27.8. The Morgan fingerprint density at radius 3 is 2.23 bits per heavy atom. The lowest BCUT2D eigenvalue weighted by molar-refractivity contribution is 0.101. The van der Waals surface area contributed by atoms with Gasteiger partial charge in [0.15, 0.2) is 22.1 Å². The Bertz CT molecular complexity index is 1680. The van der Waals surface area contributed by atoms with Crippen LogP contribution in [0.3, 0.4) is 0 Å². The van der Waals surface area contributed by atoms with Gasteiger partial charge in [-0.05, 0) is 61.1 Å². The zero-order valence-corrected chi connectivity index (χ0v) is 23.4. The first-order valence-corrected chi connectivity index (χ1v) is 13.2. The van der Waals surface area contributed by atoms with Gasteiger partial charge in [0.1, 0.15) is 0 Å². The van der Waals surface area contributed by atoms with Crippen LogP contribution < -0.4 is 21.5 Å². The van der Waals surface area contributed by atoms with Crippen molar-refractivity contribution in [2.75, 3.05) is 36.4 Å². The molecular weight excluding hydrogens is 538 g/mol. The molecule has 1 N–H and O–H groups in total. The van der Waals surface area contributed by atoms with E-state index in [-0.39, 0.29) is 11.3 Å². The predicted molar refractivity (Wildman–Crippen MR) is 157 cm³/mol. The Labute approximate surface area is 235 Å². The van der Waals surface area contributed by atoms with Crippen LogP contribution in [-0.2, 0) is 20.6 Å². The number of halogens is 1. The average Bonchev–Trinajstić information content (AvgIpc) is 3.31. The van der Waals surface area contributed by atoms with E-state index in [9.17, 15) is 14.4 Å². The zero-order valence-electron chi connectivity index (χ0n) is 21.8. The molecule has 2 aromatic carbocycles. The number of hydrogen-bond acceptors (Lipinski definition) is 6. The molecule has 202 valence electrons. The van der Waals surface area contributed by atoms with Crippen molar-refractivity contribution in [2.24, 2.45) is 14.1 Å². The molecular formula is C27H28ClN7O3S. The fourth-order valence-electron chi connectivity index (χ4n) is 4.70. The predicted octanol–water partition coefficient (Wildman–Crippen LogP) is 2.86. The van der Waals surface area contributed by atoms with E-state index < -0.39 is 5.69 Å². The number of imidazole rings is 1. The van der Waals surface area contributed by atoms with Crippen molar-refractivity contribution in [1.29, 1.82) is 0 Å². The maximum absolute atomic E-state index is 13.2. The highest BCUT2D eigenvalue weighted by molar-refractivity contribution is 7.80. The molecule has 2 aromatic heterocycles. The lowest BCUT2D eigenvalue weighted by Crippen LogP contribution is -2.50. The third-order valence-corrected chi connectivity index (χ3v) is 7.59. The number of carbonyl (C=O) groups is 1. The number of Topliss-reactive ketones (excluding diaryl/α,β-unsaturated/α-hetero) is 1. The van der Waals surface area contributed by atoms with Crippen LogP contribution in [0.1, 0.15) is 22.8 Å². The molecule has 10 nitrogen and oxygen atoms in total. The molecule has 0 saturated carbocycles. The van der Waals surface area contributed by atoms with Crippen LogP contribution in [0.2, 0.25) is 5.02 Å². The van der Waals surface area contributed by atoms with Crippen molar-refractivity contribution in [3.05, 3.63) is 85.5 Å². The van der Waals surface area contributed by atoms with Crippen LogP contribution in [0, 0.1) is 0 Å². The van der Waals surface area contributed by atoms with Gasteiger partial charge in [-0.2, -0.15) is 4.98 Å². The number of piperazine rings is 1. The standard InChI is InChI=1S/C27H28ClN7O3S/c1-17(36)19-6-10-21(11-7-19)29-26(39)34-14-12-33(13-15-34)25-30-23-22(24(37)32(3)27(38)31(23)2)35(25)16-18-4-8-20(28)9-5-18/h4-11H,12-16H2,1-3H3,(H,29,39). The summed E-state index contributed by atoms with van der Waals surface area (Å²) in [4.78, 5) is 46.4. The van der Waals surface area contributed by atoms with Crippen molar-refractivity contribution in [3.63, 3.8) is 0 Å². The van der Waals surface area contributed by atoms with E-state index in [0.717, 1.165) is 15.8 Å². The molecule has 0 radical (unpaired) electrons. The second-order valence-corrected chi connectivity index (χ2v) is 10.4. The summed E-state index contributed by atoms with van der Waals surface area (Å²) < 4.78 is 4.39. The molecule has 0 aliphatic carbocycles. The van der Waals surface area contributed by atoms with Crippen LogP contribution in [-0.4, -0.2) is 60.7 Å². The summed E-state index contributed by atoms with van der Waals surface area (Å²) in [5.41, 5.74) is 2.32. The van der Waals surface area contributed by atoms with E-state index in [2.05, 4.69) is 15.1 Å². The Morgan fingerprint density at radius 1 is 0.974 bits per heavy atom. The van der Waals surface area contributed by atoms with Crippen LogP contribution in [0.15, 0.2) is 58.1 Å². The Morgan fingerprint density at radius 2 is 1.62 bits per heavy atom. The molecule has 1 aliphatic rings. The third-order valence-electron chi connectivity index (χ3n) is 6.97. The van der Waals surface area contributed by atoms with Gasteiger partial charge in [0, 0.05) is 56.5 Å². The van der Waals surface area contributed by atoms with Gasteiger partial charge in [0.25, 0.3) is 5.56 Å². The van der Waals surface area contributed by atoms with Crippen molar-refractivity contribution in [1.82, 2.24) is 23.6 Å². The van der Waals surface area contributed by atoms with Gasteiger partial charge in [-0.1, -0.05) is 23.7 Å². The Hall–Kier alpha value is -3.96. The molecule has 5 rings (SSSR count). The van der Waals surface area contributed by atoms with Crippen LogP contribution in [0.4, 0.5) is 11.6 Å². The first-order chi connectivity index (χ1) is 18.6. The number of thiocarbonyl (C=S) groups is 1. The maximum Gasteiger partial charge on any atom is 0.332 e. The first-order valence-electron chi connectivity index (χ1n) is 12.5. The molecule has 1 fully saturated rings. The van der Waals surface area contributed by atoms with Crippen molar-refractivity contribution < 1.29 is 4.79 Å². The number of rotatable bonds is 5. The van der Waals surface area contributed by atoms with E-state index in [4.69, 9.17) is 28.8 Å². The van der Waals surface area contributed by atoms with E-state index >= 15 is 0 Å². The Balaban J connectivity index is 1.40. The average molecular weight is 566 g/mol. The van der Waals surface area contributed by atoms with Crippen molar-refractivity contribution in [2.45, 2.75) is 13.5 Å². The minimum Gasteiger partial charge on any atom is -0.345 e. The number of nitrogens with one attached hydrogen (secondary N) is 1. The van der Waals surface area contributed by atoms with Gasteiger partial charge < -0.3 is 15.1 Å². The normalized spacial score (nSPS) is 13.6. The second kappa shape index (κ2) is 10.7. The highest BCUT2D eigenvalue weighted by Crippen LogP contribution is 2.23. The van der Waals surface area contributed by atoms with Gasteiger partial charge in [-0.3, -0.25) is 23.3 Å². The number of nitrogens with zero attached hydrogens (tertiary/aromatic N) is 6. The lowest BCUT2D eigenvalue weighted by Gasteiger charge is -2.36. The summed E-state index contributed by atoms with van der Waals surface area (Å²) in [6.07, 6.45) is 0. The molecule has 39 heavy (non-hydrogen) atoms. The van der Waals surface area contributed by atoms with Gasteiger partial charge in [0.2, 0.25) is 5.95 Å². The minimum absolute atomic E-state index is 0.0141. The smallest absolute Gasteiger partial charge is 0.332 e. The van der Waals surface area contributed by atoms with Crippen LogP contribution >= 0.6 is 23.8 Å². The monoisotopic (exact) mass is 565 g/mol. The van der Waals surface area contributed by atoms with E-state index in [0.29, 0.717) is 65.5 Å². The number of aryl methyl sites for hydroxylation is 1. The fraction of sp³-hybridized carbons (Fsp3) is 0.296. The number of benzene rings is 2. The van der Waals surface area contributed by atoms with Gasteiger partial charge in [-0.25, -0.2) is 4.79 Å². The summed E-state index contributed by atoms with van der Waals surface area (Å²) in [6, 6.07) is 14.7. The summed E-state index contributed by atoms with van der Waals surface area (Å²) in [5, 5.41) is 4.47. The van der Waals surface area contributed by atoms with Gasteiger partial charge in [0.05, 0.1) is 6.54 Å². The number of hydrogen-bond donors (Lipinski definition) is 1. The number of carbonyl (C=O) groups excluding carboxylic acids is 1. The van der Waals surface area contributed by atoms with Crippen molar-refractivity contribution in [3.8, 4) is 0 Å². The van der Waals surface area contributed by atoms with E-state index in [1.807, 2.05) is 41.0 Å². The van der Waals surface area contributed by atoms with Crippen molar-refractivity contribution >= 4 is 57.5 Å². The molecule has 0 unspecified atom stereocenters. The molecule has 4 aromatic rings. The minimum atomic E-state index is -0.423. The second-order valence-electron chi connectivity index (χ2n) is 9.54. The van der Waals surface area contributed by atoms with E-state index in [1.165, 1.54) is 18.5 Å². The number of anilines is 2. The third kappa shape index (κ3) is 5.19. The van der Waals surface area contributed by atoms with Crippen LogP contribution in [0.5, 0.6) is 0 Å². The molecule has 0 atom stereocenters. The topological polar surface area (TPSA) is 97.4 Å². The quantitative estimate of drug-likeness (QED) is 0.291. The highest BCUT2D eigenvalue weighted by Gasteiger charge is 2.26. The number of ketones is 1. The summed E-state index contributed by atoms with van der Waals surface area (Å²) in [6.45, 7) is 4.43. The Kier molecular flexibility index (Phi) is 7.28. The first kappa shape index (κ1) is 26.6. The summed E-state index contributed by atoms with van der Waals surface area (Å²) >= 11 is 11.7. The lowest BCUT2D eigenvalue weighted by atomic mass is 10.1. The molecule has 12 heteroatoms. The highest BCUT2D eigenvalue weighted by atomic mass is 35.5. The molecule has 0 bridgehead atoms. The summed E-state index contributed by atoms with van der Waals surface area (Å²) in [5.74, 6) is 0.636. The van der Waals surface area contributed by atoms with Gasteiger partial charge in [-0.15, -0.1) is 0 Å². The molecule has 0 spiro atoms. The molecule has 1 saturated heterocycles. The molecule has 0 amide bonds. The maximum atomic E-state index is 13.2. The van der Waals surface area contributed by atoms with Crippen LogP contribution in [0.25, 0.3) is 11.2 Å². The number of fused-ring (bicyclic) bond motifs is 1. The fourth-order valence-corrected chi connectivity index (χ4v) is 5.13. The number of aromatic nitrogens is 4. The molecule has 3 heterocycles. The SMILES string of the molecule is CC(=O)c1ccc(NC(=S)N2CCN(c3nc4c(c(=O)n(C)c(=O)n4C)n3Cc3ccc(Cl)cc3)CC2)cc1. The molecule has 1 aliphatic heterocycles.